The van der Waals surface area contributed by atoms with Crippen molar-refractivity contribution >= 4 is 34.8 Å². The molecule has 1 N–H and O–H groups in total. The molecule has 0 bridgehead atoms. The van der Waals surface area contributed by atoms with Crippen LogP contribution in [0.1, 0.15) is 33.1 Å². The topological polar surface area (TPSA) is 32.3 Å². The zero-order chi connectivity index (χ0) is 15.0. The van der Waals surface area contributed by atoms with Gasteiger partial charge in [0, 0.05) is 5.02 Å². The molecule has 1 aromatic rings. The second-order valence-corrected chi connectivity index (χ2v) is 5.65. The van der Waals surface area contributed by atoms with Crippen LogP contribution < -0.4 is 5.32 Å². The molecule has 0 heterocycles. The van der Waals surface area contributed by atoms with E-state index in [1.165, 1.54) is 0 Å². The number of unbranched alkanes of at least 4 members (excludes halogenated alkanes) is 1. The molecule has 3 nitrogen and oxygen atoms in total. The van der Waals surface area contributed by atoms with Crippen molar-refractivity contribution in [2.45, 2.75) is 33.1 Å². The maximum Gasteiger partial charge on any atom is 0.238 e. The summed E-state index contributed by atoms with van der Waals surface area (Å²) in [6, 6.07) is 5.06. The van der Waals surface area contributed by atoms with Crippen LogP contribution in [0.25, 0.3) is 0 Å². The van der Waals surface area contributed by atoms with E-state index in [1.807, 2.05) is 0 Å². The molecule has 20 heavy (non-hydrogen) atoms. The Hall–Kier alpha value is -0.770. The Bertz CT molecular complexity index is 438. The van der Waals surface area contributed by atoms with Gasteiger partial charge < -0.3 is 5.32 Å². The quantitative estimate of drug-likeness (QED) is 0.768. The van der Waals surface area contributed by atoms with Crippen LogP contribution in [0.15, 0.2) is 18.2 Å². The fraction of sp³-hybridized carbons (Fsp3) is 0.533. The van der Waals surface area contributed by atoms with E-state index in [1.54, 1.807) is 18.2 Å². The van der Waals surface area contributed by atoms with Crippen LogP contribution in [0.5, 0.6) is 0 Å². The summed E-state index contributed by atoms with van der Waals surface area (Å²) < 4.78 is 0. The summed E-state index contributed by atoms with van der Waals surface area (Å²) in [5.74, 6) is -0.0428. The van der Waals surface area contributed by atoms with Crippen LogP contribution in [-0.4, -0.2) is 30.4 Å². The van der Waals surface area contributed by atoms with Gasteiger partial charge in [-0.3, -0.25) is 9.69 Å². The Morgan fingerprint density at radius 2 is 1.95 bits per heavy atom. The van der Waals surface area contributed by atoms with Crippen molar-refractivity contribution in [2.75, 3.05) is 25.0 Å². The molecule has 1 aromatic carbocycles. The SMILES string of the molecule is CCCCN(CCC)CC(=O)Nc1ccc(Cl)cc1Cl. The highest BCUT2D eigenvalue weighted by atomic mass is 35.5. The first-order valence-corrected chi connectivity index (χ1v) is 7.79. The minimum Gasteiger partial charge on any atom is -0.324 e. The number of hydrogen-bond donors (Lipinski definition) is 1. The van der Waals surface area contributed by atoms with Gasteiger partial charge in [0.1, 0.15) is 0 Å². The molecule has 0 aromatic heterocycles. The maximum atomic E-state index is 12.1. The standard InChI is InChI=1S/C15H22Cl2N2O/c1-3-5-9-19(8-4-2)11-15(20)18-14-7-6-12(16)10-13(14)17/h6-7,10H,3-5,8-9,11H2,1-2H3,(H,18,20). The molecule has 0 spiro atoms. The van der Waals surface area contributed by atoms with E-state index in [0.29, 0.717) is 22.3 Å². The third-order valence-corrected chi connectivity index (χ3v) is 3.49. The zero-order valence-electron chi connectivity index (χ0n) is 12.1. The lowest BCUT2D eigenvalue weighted by Gasteiger charge is -2.20. The number of hydrogen-bond acceptors (Lipinski definition) is 2. The van der Waals surface area contributed by atoms with Crippen LogP contribution in [0.2, 0.25) is 10.0 Å². The van der Waals surface area contributed by atoms with Crippen molar-refractivity contribution < 1.29 is 4.79 Å². The summed E-state index contributed by atoms with van der Waals surface area (Å²) >= 11 is 11.9. The number of rotatable bonds is 8. The number of carbonyl (C=O) groups excluding carboxylic acids is 1. The highest BCUT2D eigenvalue weighted by Gasteiger charge is 2.11. The van der Waals surface area contributed by atoms with Crippen LogP contribution in [0, 0.1) is 0 Å². The Morgan fingerprint density at radius 1 is 1.20 bits per heavy atom. The average molecular weight is 317 g/mol. The second kappa shape index (κ2) is 9.22. The number of benzene rings is 1. The van der Waals surface area contributed by atoms with Crippen molar-refractivity contribution in [3.05, 3.63) is 28.2 Å². The molecule has 1 amide bonds. The van der Waals surface area contributed by atoms with Gasteiger partial charge in [0.25, 0.3) is 0 Å². The number of nitrogens with zero attached hydrogens (tertiary/aromatic N) is 1. The molecule has 5 heteroatoms. The first-order valence-electron chi connectivity index (χ1n) is 7.04. The molecule has 112 valence electrons. The molecule has 0 fully saturated rings. The predicted molar refractivity (Wildman–Crippen MR) is 86.7 cm³/mol. The summed E-state index contributed by atoms with van der Waals surface area (Å²) in [4.78, 5) is 14.2. The van der Waals surface area contributed by atoms with Gasteiger partial charge in [-0.2, -0.15) is 0 Å². The van der Waals surface area contributed by atoms with E-state index in [2.05, 4.69) is 24.1 Å². The van der Waals surface area contributed by atoms with E-state index in [0.717, 1.165) is 32.4 Å². The lowest BCUT2D eigenvalue weighted by atomic mass is 10.3. The van der Waals surface area contributed by atoms with Gasteiger partial charge in [0.15, 0.2) is 0 Å². The first kappa shape index (κ1) is 17.3. The van der Waals surface area contributed by atoms with E-state index in [4.69, 9.17) is 23.2 Å². The van der Waals surface area contributed by atoms with Gasteiger partial charge >= 0.3 is 0 Å². The third-order valence-electron chi connectivity index (χ3n) is 2.94. The molecular formula is C15H22Cl2N2O. The Kier molecular flexibility index (Phi) is 7.97. The third kappa shape index (κ3) is 6.12. The molecule has 0 radical (unpaired) electrons. The van der Waals surface area contributed by atoms with Gasteiger partial charge in [0.2, 0.25) is 5.91 Å². The summed E-state index contributed by atoms with van der Waals surface area (Å²) in [7, 11) is 0. The summed E-state index contributed by atoms with van der Waals surface area (Å²) in [5, 5.41) is 3.85. The highest BCUT2D eigenvalue weighted by Crippen LogP contribution is 2.25. The number of nitrogens with one attached hydrogen (secondary N) is 1. The number of amides is 1. The van der Waals surface area contributed by atoms with Crippen molar-refractivity contribution in [1.29, 1.82) is 0 Å². The fourth-order valence-electron chi connectivity index (χ4n) is 1.95. The van der Waals surface area contributed by atoms with Gasteiger partial charge in [-0.05, 0) is 44.1 Å². The lowest BCUT2D eigenvalue weighted by molar-refractivity contribution is -0.117. The summed E-state index contributed by atoms with van der Waals surface area (Å²) in [6.45, 7) is 6.55. The number of carbonyl (C=O) groups is 1. The zero-order valence-corrected chi connectivity index (χ0v) is 13.6. The fourth-order valence-corrected chi connectivity index (χ4v) is 2.41. The normalized spacial score (nSPS) is 10.8. The van der Waals surface area contributed by atoms with Gasteiger partial charge in [-0.25, -0.2) is 0 Å². The monoisotopic (exact) mass is 316 g/mol. The molecule has 0 unspecified atom stereocenters. The maximum absolute atomic E-state index is 12.1. The molecular weight excluding hydrogens is 295 g/mol. The largest absolute Gasteiger partial charge is 0.324 e. The molecule has 0 aliphatic rings. The smallest absolute Gasteiger partial charge is 0.238 e. The minimum absolute atomic E-state index is 0.0428. The van der Waals surface area contributed by atoms with Crippen LogP contribution in [-0.2, 0) is 4.79 Å². The molecule has 1 rings (SSSR count). The molecule has 0 aliphatic heterocycles. The van der Waals surface area contributed by atoms with E-state index < -0.39 is 0 Å². The van der Waals surface area contributed by atoms with Gasteiger partial charge in [0.05, 0.1) is 17.3 Å². The lowest BCUT2D eigenvalue weighted by Crippen LogP contribution is -2.34. The van der Waals surface area contributed by atoms with Gasteiger partial charge in [-0.15, -0.1) is 0 Å². The van der Waals surface area contributed by atoms with E-state index in [-0.39, 0.29) is 5.91 Å². The first-order chi connectivity index (χ1) is 9.56. The van der Waals surface area contributed by atoms with E-state index in [9.17, 15) is 4.79 Å². The van der Waals surface area contributed by atoms with Crippen molar-refractivity contribution in [3.63, 3.8) is 0 Å². The Morgan fingerprint density at radius 3 is 2.55 bits per heavy atom. The predicted octanol–water partition coefficient (Wildman–Crippen LogP) is 4.44. The second-order valence-electron chi connectivity index (χ2n) is 4.80. The minimum atomic E-state index is -0.0428. The Labute approximate surface area is 131 Å². The summed E-state index contributed by atoms with van der Waals surface area (Å²) in [6.07, 6.45) is 3.28. The number of halogens is 2. The van der Waals surface area contributed by atoms with Crippen molar-refractivity contribution in [2.24, 2.45) is 0 Å². The molecule has 0 saturated heterocycles. The highest BCUT2D eigenvalue weighted by molar-refractivity contribution is 6.36. The van der Waals surface area contributed by atoms with E-state index >= 15 is 0 Å². The molecule has 0 aliphatic carbocycles. The van der Waals surface area contributed by atoms with Crippen LogP contribution in [0.3, 0.4) is 0 Å². The summed E-state index contributed by atoms with van der Waals surface area (Å²) in [5.41, 5.74) is 0.605. The molecule has 0 atom stereocenters. The Balaban J connectivity index is 2.55. The molecule has 0 saturated carbocycles. The van der Waals surface area contributed by atoms with Crippen molar-refractivity contribution in [1.82, 2.24) is 4.90 Å². The number of anilines is 1. The van der Waals surface area contributed by atoms with Crippen LogP contribution >= 0.6 is 23.2 Å². The van der Waals surface area contributed by atoms with Gasteiger partial charge in [-0.1, -0.05) is 43.5 Å². The average Bonchev–Trinajstić information content (AvgIpc) is 2.39. The van der Waals surface area contributed by atoms with Crippen LogP contribution in [0.4, 0.5) is 5.69 Å². The van der Waals surface area contributed by atoms with Crippen molar-refractivity contribution in [3.8, 4) is 0 Å².